The Kier molecular flexibility index (Phi) is 19.6. The van der Waals surface area contributed by atoms with Crippen LogP contribution in [0.5, 0.6) is 0 Å². The molecule has 0 atom stereocenters. The summed E-state index contributed by atoms with van der Waals surface area (Å²) in [6, 6.07) is 0. The summed E-state index contributed by atoms with van der Waals surface area (Å²) in [5.41, 5.74) is 0. The first-order valence-corrected chi connectivity index (χ1v) is 10.8. The summed E-state index contributed by atoms with van der Waals surface area (Å²) >= 11 is 0.149. The molecule has 2 radical (unpaired) electrons. The number of aliphatic carboxylic acids is 1. The molecule has 3 N–H and O–H groups in total. The molecule has 0 aromatic heterocycles. The minimum atomic E-state index is -0.997. The van der Waals surface area contributed by atoms with Gasteiger partial charge in [0, 0.05) is 19.1 Å². The van der Waals surface area contributed by atoms with Gasteiger partial charge in [-0.25, -0.2) is 0 Å². The van der Waals surface area contributed by atoms with E-state index in [1.165, 1.54) is 25.7 Å². The molecule has 0 saturated heterocycles. The van der Waals surface area contributed by atoms with E-state index in [4.69, 9.17) is 15.3 Å². The minimum Gasteiger partial charge on any atom is -0.481 e. The van der Waals surface area contributed by atoms with Crippen LogP contribution in [0.4, 0.5) is 0 Å². The summed E-state index contributed by atoms with van der Waals surface area (Å²) in [5.74, 6) is -1.51. The third kappa shape index (κ3) is 18.6. The monoisotopic (exact) mass is 368 g/mol. The van der Waals surface area contributed by atoms with Gasteiger partial charge in [-0.05, 0) is 0 Å². The van der Waals surface area contributed by atoms with Gasteiger partial charge in [-0.15, -0.1) is 0 Å². The zero-order chi connectivity index (χ0) is 14.2. The molecule has 4 nitrogen and oxygen atoms in total. The molecule has 0 heterocycles. The van der Waals surface area contributed by atoms with E-state index in [-0.39, 0.29) is 40.8 Å². The second-order valence-electron chi connectivity index (χ2n) is 4.29. The number of carboxylic acids is 1. The van der Waals surface area contributed by atoms with Gasteiger partial charge in [0.25, 0.3) is 0 Å². The van der Waals surface area contributed by atoms with Crippen molar-refractivity contribution in [1.29, 1.82) is 0 Å². The zero-order valence-electron chi connectivity index (χ0n) is 11.7. The van der Waals surface area contributed by atoms with E-state index in [0.717, 1.165) is 0 Å². The Morgan fingerprint density at radius 1 is 1.06 bits per heavy atom. The molecule has 0 aliphatic carbocycles. The average molecular weight is 367 g/mol. The van der Waals surface area contributed by atoms with Crippen molar-refractivity contribution in [3.8, 4) is 0 Å². The van der Waals surface area contributed by atoms with Crippen molar-refractivity contribution in [2.75, 3.05) is 13.2 Å². The Morgan fingerprint density at radius 2 is 1.50 bits per heavy atom. The number of carboxylic acid groups (broad SMARTS) is 1. The number of aliphatic hydroxyl groups is 2. The molecule has 0 aliphatic heterocycles. The molecule has 0 bridgehead atoms. The van der Waals surface area contributed by atoms with Crippen LogP contribution in [0.1, 0.15) is 46.0 Å². The average Bonchev–Trinajstić information content (AvgIpc) is 2.36. The fourth-order valence-electron chi connectivity index (χ4n) is 1.16. The normalized spacial score (nSPS) is 10.1. The first-order chi connectivity index (χ1) is 8.62. The first kappa shape index (κ1) is 20.5. The Labute approximate surface area is 121 Å². The number of aliphatic hydroxyl groups excluding tert-OH is 2. The van der Waals surface area contributed by atoms with Gasteiger partial charge in [-0.3, -0.25) is 4.79 Å². The predicted octanol–water partition coefficient (Wildman–Crippen LogP) is 2.19. The maximum Gasteiger partial charge on any atom is 0.303 e. The van der Waals surface area contributed by atoms with Crippen LogP contribution >= 0.6 is 0 Å². The molecule has 0 fully saturated rings. The van der Waals surface area contributed by atoms with Gasteiger partial charge in [0.15, 0.2) is 0 Å². The Balaban J connectivity index is 0. The number of hydrogen-bond acceptors (Lipinski definition) is 3. The summed E-state index contributed by atoms with van der Waals surface area (Å²) in [4.78, 5) is 9.91. The molecule has 0 rings (SSSR count). The first-order valence-electron chi connectivity index (χ1n) is 6.76. The summed E-state index contributed by atoms with van der Waals surface area (Å²) in [5, 5.41) is 24.8. The fraction of sp³-hybridized carbons (Fsp3) is 0.923. The zero-order valence-corrected chi connectivity index (χ0v) is 14.5. The largest absolute Gasteiger partial charge is 0.481 e. The molecular formula is C13H28O4Sn. The third-order valence-electron chi connectivity index (χ3n) is 2.39. The molecule has 0 aliphatic rings. The SMILES string of the molecule is CCC[CH2][Sn][CH2]CCC.O=C(O)CC(CO)CO. The molecular weight excluding hydrogens is 339 g/mol. The van der Waals surface area contributed by atoms with Crippen LogP contribution in [0.2, 0.25) is 8.87 Å². The van der Waals surface area contributed by atoms with Gasteiger partial charge in [-0.2, -0.15) is 0 Å². The molecule has 0 saturated carbocycles. The van der Waals surface area contributed by atoms with E-state index < -0.39 is 11.9 Å². The van der Waals surface area contributed by atoms with Crippen molar-refractivity contribution in [2.45, 2.75) is 54.8 Å². The fourth-order valence-corrected chi connectivity index (χ4v) is 5.32. The van der Waals surface area contributed by atoms with Crippen molar-refractivity contribution in [2.24, 2.45) is 5.92 Å². The molecule has 0 amide bonds. The molecule has 5 heteroatoms. The maximum absolute atomic E-state index is 9.91. The number of rotatable bonds is 10. The van der Waals surface area contributed by atoms with E-state index in [1.54, 1.807) is 8.87 Å². The van der Waals surface area contributed by atoms with E-state index >= 15 is 0 Å². The van der Waals surface area contributed by atoms with E-state index in [0.29, 0.717) is 0 Å². The molecule has 0 aromatic rings. The van der Waals surface area contributed by atoms with Gasteiger partial charge in [0.05, 0.1) is 6.42 Å². The van der Waals surface area contributed by atoms with Gasteiger partial charge in [0.1, 0.15) is 0 Å². The van der Waals surface area contributed by atoms with Crippen molar-refractivity contribution in [3.63, 3.8) is 0 Å². The van der Waals surface area contributed by atoms with Crippen LogP contribution in [0.3, 0.4) is 0 Å². The van der Waals surface area contributed by atoms with Crippen LogP contribution in [0.25, 0.3) is 0 Å². The summed E-state index contributed by atoms with van der Waals surface area (Å²) in [6.07, 6.45) is 5.67. The van der Waals surface area contributed by atoms with Crippen LogP contribution in [0.15, 0.2) is 0 Å². The van der Waals surface area contributed by atoms with Gasteiger partial charge in [-0.1, -0.05) is 0 Å². The second kappa shape index (κ2) is 17.2. The molecule has 0 unspecified atom stereocenters. The van der Waals surface area contributed by atoms with Crippen molar-refractivity contribution >= 4 is 27.1 Å². The van der Waals surface area contributed by atoms with Crippen molar-refractivity contribution in [1.82, 2.24) is 0 Å². The Morgan fingerprint density at radius 3 is 1.72 bits per heavy atom. The molecule has 108 valence electrons. The van der Waals surface area contributed by atoms with Crippen LogP contribution in [-0.4, -0.2) is 55.6 Å². The van der Waals surface area contributed by atoms with E-state index in [9.17, 15) is 4.79 Å². The Bertz CT molecular complexity index is 166. The Hall–Kier alpha value is 0.189. The van der Waals surface area contributed by atoms with Crippen LogP contribution in [-0.2, 0) is 4.79 Å². The summed E-state index contributed by atoms with van der Waals surface area (Å²) in [6.45, 7) is 4.03. The standard InChI is InChI=1S/C5H10O4.2C4H9.Sn/c6-2-4(3-7)1-5(8)9;2*1-3-4-2;/h4,6-7H,1-3H2,(H,8,9);2*1,3-4H2,2H3;. The third-order valence-corrected chi connectivity index (χ3v) is 6.43. The van der Waals surface area contributed by atoms with Crippen LogP contribution < -0.4 is 0 Å². The molecule has 0 aromatic carbocycles. The van der Waals surface area contributed by atoms with Gasteiger partial charge >= 0.3 is 75.5 Å². The van der Waals surface area contributed by atoms with E-state index in [1.807, 2.05) is 0 Å². The second-order valence-corrected chi connectivity index (χ2v) is 8.57. The van der Waals surface area contributed by atoms with Gasteiger partial charge in [0.2, 0.25) is 0 Å². The summed E-state index contributed by atoms with van der Waals surface area (Å²) in [7, 11) is 0. The smallest absolute Gasteiger partial charge is 0.303 e. The quantitative estimate of drug-likeness (QED) is 0.409. The van der Waals surface area contributed by atoms with E-state index in [2.05, 4.69) is 13.8 Å². The van der Waals surface area contributed by atoms with Crippen molar-refractivity contribution in [3.05, 3.63) is 0 Å². The number of carbonyl (C=O) groups is 1. The van der Waals surface area contributed by atoms with Crippen molar-refractivity contribution < 1.29 is 20.1 Å². The maximum atomic E-state index is 9.91. The number of hydrogen-bond donors (Lipinski definition) is 3. The topological polar surface area (TPSA) is 77.8 Å². The molecule has 18 heavy (non-hydrogen) atoms. The number of unbranched alkanes of at least 4 members (excludes halogenated alkanes) is 2. The minimum absolute atomic E-state index is 0.149. The molecule has 0 spiro atoms. The summed E-state index contributed by atoms with van der Waals surface area (Å²) < 4.78 is 3.25. The van der Waals surface area contributed by atoms with Gasteiger partial charge < -0.3 is 15.3 Å². The van der Waals surface area contributed by atoms with Crippen LogP contribution in [0, 0.1) is 5.92 Å². The predicted molar refractivity (Wildman–Crippen MR) is 75.1 cm³/mol.